The van der Waals surface area contributed by atoms with Gasteiger partial charge in [0.25, 0.3) is 11.1 Å². The van der Waals surface area contributed by atoms with Gasteiger partial charge < -0.3 is 14.8 Å². The van der Waals surface area contributed by atoms with E-state index < -0.39 is 29.6 Å². The first-order chi connectivity index (χ1) is 17.4. The summed E-state index contributed by atoms with van der Waals surface area (Å²) in [5, 5.41) is 2.27. The van der Waals surface area contributed by atoms with Crippen molar-refractivity contribution in [3.8, 4) is 11.5 Å². The maximum absolute atomic E-state index is 12.9. The fourth-order valence-corrected chi connectivity index (χ4v) is 4.38. The standard InChI is InChI=1S/C26H19ClN2O6S/c1-34-20-13-7-8-16(23(20)35-25(32)18-11-5-6-12-19(18)27)14-21-24(31)29(26(33)36-21)15-22(30)28-17-9-3-2-4-10-17/h2-14H,15H2,1H3,(H,28,30)/b21-14-. The maximum Gasteiger partial charge on any atom is 0.345 e. The van der Waals surface area contributed by atoms with Gasteiger partial charge in [0, 0.05) is 11.3 Å². The summed E-state index contributed by atoms with van der Waals surface area (Å²) in [6.07, 6.45) is 1.41. The van der Waals surface area contributed by atoms with E-state index in [1.165, 1.54) is 19.3 Å². The predicted molar refractivity (Wildman–Crippen MR) is 137 cm³/mol. The topological polar surface area (TPSA) is 102 Å². The van der Waals surface area contributed by atoms with Crippen LogP contribution in [-0.4, -0.2) is 41.6 Å². The van der Waals surface area contributed by atoms with Crippen LogP contribution < -0.4 is 14.8 Å². The van der Waals surface area contributed by atoms with Gasteiger partial charge in [0.05, 0.1) is 22.6 Å². The Labute approximate surface area is 215 Å². The average molecular weight is 523 g/mol. The highest BCUT2D eigenvalue weighted by Crippen LogP contribution is 2.38. The van der Waals surface area contributed by atoms with Gasteiger partial charge in [-0.1, -0.05) is 54.1 Å². The summed E-state index contributed by atoms with van der Waals surface area (Å²) in [6.45, 7) is -0.441. The van der Waals surface area contributed by atoms with Crippen LogP contribution in [0.5, 0.6) is 11.5 Å². The van der Waals surface area contributed by atoms with Gasteiger partial charge in [-0.15, -0.1) is 0 Å². The summed E-state index contributed by atoms with van der Waals surface area (Å²) in [5.74, 6) is -1.57. The van der Waals surface area contributed by atoms with E-state index in [-0.39, 0.29) is 27.0 Å². The molecule has 0 atom stereocenters. The number of benzene rings is 3. The zero-order chi connectivity index (χ0) is 25.7. The summed E-state index contributed by atoms with van der Waals surface area (Å²) in [7, 11) is 1.41. The Balaban J connectivity index is 1.56. The lowest BCUT2D eigenvalue weighted by molar-refractivity contribution is -0.127. The smallest absolute Gasteiger partial charge is 0.345 e. The van der Waals surface area contributed by atoms with Crippen LogP contribution in [0.4, 0.5) is 10.5 Å². The zero-order valence-electron chi connectivity index (χ0n) is 18.9. The number of carbonyl (C=O) groups is 4. The minimum Gasteiger partial charge on any atom is -0.493 e. The number of rotatable bonds is 7. The number of ether oxygens (including phenoxy) is 2. The quantitative estimate of drug-likeness (QED) is 0.257. The van der Waals surface area contributed by atoms with Crippen LogP contribution >= 0.6 is 23.4 Å². The molecule has 8 nitrogen and oxygen atoms in total. The summed E-state index contributed by atoms with van der Waals surface area (Å²) in [5.41, 5.74) is 1.03. The van der Waals surface area contributed by atoms with Gasteiger partial charge in [-0.05, 0) is 48.2 Å². The third-order valence-electron chi connectivity index (χ3n) is 5.04. The van der Waals surface area contributed by atoms with Crippen LogP contribution in [-0.2, 0) is 9.59 Å². The minimum absolute atomic E-state index is 0.0542. The van der Waals surface area contributed by atoms with Gasteiger partial charge in [-0.25, -0.2) is 4.79 Å². The number of amides is 3. The molecule has 3 aromatic carbocycles. The number of nitrogens with zero attached hydrogens (tertiary/aromatic N) is 1. The molecule has 1 heterocycles. The van der Waals surface area contributed by atoms with E-state index in [2.05, 4.69) is 5.32 Å². The van der Waals surface area contributed by atoms with Crippen molar-refractivity contribution >= 4 is 58.1 Å². The predicted octanol–water partition coefficient (Wildman–Crippen LogP) is 5.24. The second kappa shape index (κ2) is 11.1. The van der Waals surface area contributed by atoms with Gasteiger partial charge >= 0.3 is 5.97 Å². The minimum atomic E-state index is -0.717. The lowest BCUT2D eigenvalue weighted by atomic mass is 10.1. The SMILES string of the molecule is COc1cccc(/C=C2\SC(=O)N(CC(=O)Nc3ccccc3)C2=O)c1OC(=O)c1ccccc1Cl. The molecule has 4 rings (SSSR count). The third-order valence-corrected chi connectivity index (χ3v) is 6.27. The molecule has 0 aromatic heterocycles. The van der Waals surface area contributed by atoms with Crippen molar-refractivity contribution < 1.29 is 28.7 Å². The largest absolute Gasteiger partial charge is 0.493 e. The zero-order valence-corrected chi connectivity index (χ0v) is 20.5. The lowest BCUT2D eigenvalue weighted by Gasteiger charge is -2.13. The molecule has 1 fully saturated rings. The van der Waals surface area contributed by atoms with E-state index >= 15 is 0 Å². The number of hydrogen-bond acceptors (Lipinski definition) is 7. The number of halogens is 1. The molecule has 1 aliphatic rings. The Bertz CT molecular complexity index is 1380. The maximum atomic E-state index is 12.9. The van der Waals surface area contributed by atoms with E-state index in [0.29, 0.717) is 23.0 Å². The molecule has 0 unspecified atom stereocenters. The highest BCUT2D eigenvalue weighted by Gasteiger charge is 2.36. The average Bonchev–Trinajstić information content (AvgIpc) is 3.13. The Hall–Kier alpha value is -4.08. The molecular weight excluding hydrogens is 504 g/mol. The highest BCUT2D eigenvalue weighted by atomic mass is 35.5. The first-order valence-corrected chi connectivity index (χ1v) is 11.8. The summed E-state index contributed by atoms with van der Waals surface area (Å²) < 4.78 is 10.9. The molecule has 1 aliphatic heterocycles. The van der Waals surface area contributed by atoms with Crippen LogP contribution in [0.3, 0.4) is 0 Å². The second-order valence-corrected chi connectivity index (χ2v) is 8.83. The number of thioether (sulfide) groups is 1. The third kappa shape index (κ3) is 5.59. The number of imide groups is 1. The van der Waals surface area contributed by atoms with Gasteiger partial charge in [-0.2, -0.15) is 0 Å². The fraction of sp³-hybridized carbons (Fsp3) is 0.0769. The van der Waals surface area contributed by atoms with Crippen LogP contribution in [0.2, 0.25) is 5.02 Å². The van der Waals surface area contributed by atoms with Crippen molar-refractivity contribution in [2.45, 2.75) is 0 Å². The van der Waals surface area contributed by atoms with Gasteiger partial charge in [0.2, 0.25) is 5.91 Å². The van der Waals surface area contributed by atoms with Crippen molar-refractivity contribution in [3.63, 3.8) is 0 Å². The molecule has 1 N–H and O–H groups in total. The second-order valence-electron chi connectivity index (χ2n) is 7.43. The Morgan fingerprint density at radius 1 is 1.00 bits per heavy atom. The van der Waals surface area contributed by atoms with Crippen molar-refractivity contribution in [3.05, 3.63) is 93.9 Å². The summed E-state index contributed by atoms with van der Waals surface area (Å²) in [6, 6.07) is 20.0. The lowest BCUT2D eigenvalue weighted by Crippen LogP contribution is -2.36. The van der Waals surface area contributed by atoms with Crippen molar-refractivity contribution in [1.82, 2.24) is 4.90 Å². The highest BCUT2D eigenvalue weighted by molar-refractivity contribution is 8.18. The molecule has 3 amide bonds. The Kier molecular flexibility index (Phi) is 7.72. The number of methoxy groups -OCH3 is 1. The van der Waals surface area contributed by atoms with E-state index in [1.54, 1.807) is 66.7 Å². The molecule has 1 saturated heterocycles. The van der Waals surface area contributed by atoms with E-state index in [4.69, 9.17) is 21.1 Å². The molecule has 0 saturated carbocycles. The molecular formula is C26H19ClN2O6S. The summed E-state index contributed by atoms with van der Waals surface area (Å²) >= 11 is 6.79. The molecule has 182 valence electrons. The first kappa shape index (κ1) is 25.0. The van der Waals surface area contributed by atoms with Crippen molar-refractivity contribution in [1.29, 1.82) is 0 Å². The molecule has 10 heteroatoms. The summed E-state index contributed by atoms with van der Waals surface area (Å²) in [4.78, 5) is 51.5. The number of carbonyl (C=O) groups excluding carboxylic acids is 4. The fourth-order valence-electron chi connectivity index (χ4n) is 3.33. The van der Waals surface area contributed by atoms with Crippen LogP contribution in [0, 0.1) is 0 Å². The van der Waals surface area contributed by atoms with Crippen molar-refractivity contribution in [2.75, 3.05) is 19.0 Å². The molecule has 0 radical (unpaired) electrons. The van der Waals surface area contributed by atoms with Crippen molar-refractivity contribution in [2.24, 2.45) is 0 Å². The Morgan fingerprint density at radius 2 is 1.72 bits per heavy atom. The number of nitrogens with one attached hydrogen (secondary N) is 1. The molecule has 36 heavy (non-hydrogen) atoms. The first-order valence-electron chi connectivity index (χ1n) is 10.6. The molecule has 0 aliphatic carbocycles. The van der Waals surface area contributed by atoms with Gasteiger partial charge in [-0.3, -0.25) is 19.3 Å². The van der Waals surface area contributed by atoms with Crippen LogP contribution in [0.1, 0.15) is 15.9 Å². The van der Waals surface area contributed by atoms with Gasteiger partial charge in [0.1, 0.15) is 6.54 Å². The molecule has 0 bridgehead atoms. The molecule has 3 aromatic rings. The number of para-hydroxylation sites is 2. The number of esters is 1. The van der Waals surface area contributed by atoms with Crippen LogP contribution in [0.25, 0.3) is 6.08 Å². The van der Waals surface area contributed by atoms with Crippen LogP contribution in [0.15, 0.2) is 77.7 Å². The monoisotopic (exact) mass is 522 g/mol. The molecule has 0 spiro atoms. The number of hydrogen-bond donors (Lipinski definition) is 1. The van der Waals surface area contributed by atoms with E-state index in [9.17, 15) is 19.2 Å². The van der Waals surface area contributed by atoms with Gasteiger partial charge in [0.15, 0.2) is 11.5 Å². The Morgan fingerprint density at radius 3 is 2.44 bits per heavy atom. The number of anilines is 1. The van der Waals surface area contributed by atoms with E-state index in [0.717, 1.165) is 4.90 Å². The van der Waals surface area contributed by atoms with E-state index in [1.807, 2.05) is 0 Å². The normalized spacial score (nSPS) is 14.2.